The Balaban J connectivity index is 2.65. The van der Waals surface area contributed by atoms with Gasteiger partial charge >= 0.3 is 0 Å². The molecular weight excluding hydrogens is 256 g/mol. The summed E-state index contributed by atoms with van der Waals surface area (Å²) in [4.78, 5) is 10.8. The van der Waals surface area contributed by atoms with Gasteiger partial charge in [0.25, 0.3) is 0 Å². The summed E-state index contributed by atoms with van der Waals surface area (Å²) >= 11 is 3.40. The van der Waals surface area contributed by atoms with Crippen LogP contribution in [-0.4, -0.2) is 12.5 Å². The predicted molar refractivity (Wildman–Crippen MR) is 65.7 cm³/mol. The van der Waals surface area contributed by atoms with Crippen LogP contribution in [0.2, 0.25) is 0 Å². The third-order valence-electron chi connectivity index (χ3n) is 2.28. The molecular formula is C11H15BrN2O. The van der Waals surface area contributed by atoms with Gasteiger partial charge in [-0.05, 0) is 24.6 Å². The van der Waals surface area contributed by atoms with Crippen molar-refractivity contribution >= 4 is 27.5 Å². The van der Waals surface area contributed by atoms with E-state index in [2.05, 4.69) is 21.2 Å². The predicted octanol–water partition coefficient (Wildman–Crippen LogP) is 2.29. The van der Waals surface area contributed by atoms with Crippen molar-refractivity contribution < 1.29 is 4.79 Å². The quantitative estimate of drug-likeness (QED) is 0.882. The molecule has 82 valence electrons. The van der Waals surface area contributed by atoms with Gasteiger partial charge in [0.2, 0.25) is 5.91 Å². The lowest BCUT2D eigenvalue weighted by Crippen LogP contribution is -2.26. The molecule has 1 unspecified atom stereocenters. The summed E-state index contributed by atoms with van der Waals surface area (Å²) in [6, 6.07) is 5.99. The van der Waals surface area contributed by atoms with Crippen LogP contribution in [0, 0.1) is 12.8 Å². The Morgan fingerprint density at radius 2 is 2.27 bits per heavy atom. The fraction of sp³-hybridized carbons (Fsp3) is 0.364. The highest BCUT2D eigenvalue weighted by Gasteiger charge is 2.08. The number of rotatable bonds is 4. The molecule has 0 aromatic heterocycles. The number of carbonyl (C=O) groups excluding carboxylic acids is 1. The molecule has 0 aliphatic rings. The molecule has 0 aliphatic heterocycles. The minimum absolute atomic E-state index is 0.164. The third-order valence-corrected chi connectivity index (χ3v) is 2.78. The first kappa shape index (κ1) is 12.0. The van der Waals surface area contributed by atoms with E-state index in [0.29, 0.717) is 6.54 Å². The van der Waals surface area contributed by atoms with Gasteiger partial charge < -0.3 is 11.1 Å². The van der Waals surface area contributed by atoms with Crippen LogP contribution in [0.25, 0.3) is 0 Å². The first-order chi connectivity index (χ1) is 7.00. The van der Waals surface area contributed by atoms with Crippen LogP contribution in [0.1, 0.15) is 12.5 Å². The van der Waals surface area contributed by atoms with Crippen molar-refractivity contribution in [3.63, 3.8) is 0 Å². The van der Waals surface area contributed by atoms with Crippen molar-refractivity contribution in [3.8, 4) is 0 Å². The van der Waals surface area contributed by atoms with E-state index in [1.165, 1.54) is 0 Å². The molecule has 0 spiro atoms. The molecule has 0 bridgehead atoms. The van der Waals surface area contributed by atoms with Gasteiger partial charge in [0, 0.05) is 16.7 Å². The number of aryl methyl sites for hydroxylation is 1. The fourth-order valence-corrected chi connectivity index (χ4v) is 1.51. The van der Waals surface area contributed by atoms with E-state index in [1.807, 2.05) is 32.0 Å². The second kappa shape index (κ2) is 5.16. The summed E-state index contributed by atoms with van der Waals surface area (Å²) < 4.78 is 1.02. The highest BCUT2D eigenvalue weighted by molar-refractivity contribution is 9.10. The van der Waals surface area contributed by atoms with Crippen LogP contribution in [-0.2, 0) is 4.79 Å². The van der Waals surface area contributed by atoms with E-state index in [0.717, 1.165) is 15.7 Å². The molecule has 0 heterocycles. The highest BCUT2D eigenvalue weighted by Crippen LogP contribution is 2.20. The van der Waals surface area contributed by atoms with Gasteiger partial charge in [-0.3, -0.25) is 4.79 Å². The molecule has 15 heavy (non-hydrogen) atoms. The summed E-state index contributed by atoms with van der Waals surface area (Å²) in [7, 11) is 0. The van der Waals surface area contributed by atoms with Gasteiger partial charge in [-0.25, -0.2) is 0 Å². The Morgan fingerprint density at radius 3 is 2.87 bits per heavy atom. The van der Waals surface area contributed by atoms with Crippen LogP contribution in [0.4, 0.5) is 5.69 Å². The maximum Gasteiger partial charge on any atom is 0.222 e. The van der Waals surface area contributed by atoms with Gasteiger partial charge in [-0.2, -0.15) is 0 Å². The van der Waals surface area contributed by atoms with Gasteiger partial charge in [0.15, 0.2) is 0 Å². The Kier molecular flexibility index (Phi) is 4.15. The fourth-order valence-electron chi connectivity index (χ4n) is 1.15. The zero-order valence-corrected chi connectivity index (χ0v) is 10.5. The number of nitrogens with two attached hydrogens (primary N) is 1. The van der Waals surface area contributed by atoms with Crippen molar-refractivity contribution in [1.82, 2.24) is 0 Å². The van der Waals surface area contributed by atoms with E-state index in [4.69, 9.17) is 5.73 Å². The Hall–Kier alpha value is -1.03. The molecule has 1 atom stereocenters. The molecule has 0 saturated carbocycles. The van der Waals surface area contributed by atoms with E-state index in [9.17, 15) is 4.79 Å². The van der Waals surface area contributed by atoms with Crippen molar-refractivity contribution in [1.29, 1.82) is 0 Å². The molecule has 3 nitrogen and oxygen atoms in total. The zero-order valence-electron chi connectivity index (χ0n) is 8.88. The van der Waals surface area contributed by atoms with Gasteiger partial charge in [0.05, 0.1) is 5.92 Å². The lowest BCUT2D eigenvalue weighted by atomic mass is 10.1. The number of anilines is 1. The molecule has 0 radical (unpaired) electrons. The number of halogens is 1. The van der Waals surface area contributed by atoms with Crippen LogP contribution >= 0.6 is 15.9 Å². The van der Waals surface area contributed by atoms with Gasteiger partial charge in [-0.1, -0.05) is 28.9 Å². The molecule has 0 saturated heterocycles. The smallest absolute Gasteiger partial charge is 0.222 e. The Labute approximate surface area is 98.2 Å². The number of primary amides is 1. The minimum Gasteiger partial charge on any atom is -0.384 e. The topological polar surface area (TPSA) is 55.1 Å². The lowest BCUT2D eigenvalue weighted by Gasteiger charge is -2.12. The van der Waals surface area contributed by atoms with Crippen LogP contribution in [0.5, 0.6) is 0 Å². The standard InChI is InChI=1S/C11H15BrN2O/c1-7-3-4-9(12)5-10(7)14-6-8(2)11(13)15/h3-5,8,14H,6H2,1-2H3,(H2,13,15). The summed E-state index contributed by atoms with van der Waals surface area (Å²) in [5.41, 5.74) is 7.35. The molecule has 0 fully saturated rings. The van der Waals surface area contributed by atoms with E-state index in [-0.39, 0.29) is 11.8 Å². The monoisotopic (exact) mass is 270 g/mol. The van der Waals surface area contributed by atoms with Gasteiger partial charge in [0.1, 0.15) is 0 Å². The van der Waals surface area contributed by atoms with Crippen LogP contribution in [0.15, 0.2) is 22.7 Å². The van der Waals surface area contributed by atoms with Crippen molar-refractivity contribution in [2.24, 2.45) is 11.7 Å². The van der Waals surface area contributed by atoms with E-state index >= 15 is 0 Å². The average Bonchev–Trinajstić information content (AvgIpc) is 2.18. The molecule has 4 heteroatoms. The maximum atomic E-state index is 10.8. The Bertz CT molecular complexity index is 366. The minimum atomic E-state index is -0.282. The first-order valence-electron chi connectivity index (χ1n) is 4.80. The van der Waals surface area contributed by atoms with Crippen molar-refractivity contribution in [3.05, 3.63) is 28.2 Å². The molecule has 0 aliphatic carbocycles. The largest absolute Gasteiger partial charge is 0.384 e. The summed E-state index contributed by atoms with van der Waals surface area (Å²) in [6.45, 7) is 4.39. The summed E-state index contributed by atoms with van der Waals surface area (Å²) in [6.07, 6.45) is 0. The molecule has 3 N–H and O–H groups in total. The SMILES string of the molecule is Cc1ccc(Br)cc1NCC(C)C(N)=O. The molecule has 1 aromatic carbocycles. The number of benzene rings is 1. The Morgan fingerprint density at radius 1 is 1.60 bits per heavy atom. The number of amides is 1. The second-order valence-electron chi connectivity index (χ2n) is 3.64. The number of carbonyl (C=O) groups is 1. The maximum absolute atomic E-state index is 10.8. The highest BCUT2D eigenvalue weighted by atomic mass is 79.9. The number of hydrogen-bond donors (Lipinski definition) is 2. The summed E-state index contributed by atoms with van der Waals surface area (Å²) in [5.74, 6) is -0.446. The number of hydrogen-bond acceptors (Lipinski definition) is 2. The molecule has 1 rings (SSSR count). The van der Waals surface area contributed by atoms with Crippen molar-refractivity contribution in [2.75, 3.05) is 11.9 Å². The van der Waals surface area contributed by atoms with Crippen LogP contribution in [0.3, 0.4) is 0 Å². The van der Waals surface area contributed by atoms with E-state index in [1.54, 1.807) is 0 Å². The van der Waals surface area contributed by atoms with Crippen molar-refractivity contribution in [2.45, 2.75) is 13.8 Å². The normalized spacial score (nSPS) is 12.2. The summed E-state index contributed by atoms with van der Waals surface area (Å²) in [5, 5.41) is 3.20. The zero-order chi connectivity index (χ0) is 11.4. The molecule has 1 amide bonds. The first-order valence-corrected chi connectivity index (χ1v) is 5.59. The van der Waals surface area contributed by atoms with Crippen LogP contribution < -0.4 is 11.1 Å². The average molecular weight is 271 g/mol. The second-order valence-corrected chi connectivity index (χ2v) is 4.56. The molecule has 1 aromatic rings. The third kappa shape index (κ3) is 3.55. The van der Waals surface area contributed by atoms with E-state index < -0.39 is 0 Å². The number of nitrogens with one attached hydrogen (secondary N) is 1. The lowest BCUT2D eigenvalue weighted by molar-refractivity contribution is -0.120. The van der Waals surface area contributed by atoms with Gasteiger partial charge in [-0.15, -0.1) is 0 Å².